The van der Waals surface area contributed by atoms with Gasteiger partial charge in [0.1, 0.15) is 0 Å². The number of fused-ring (bicyclic) bond motifs is 1. The molecule has 0 aliphatic heterocycles. The van der Waals surface area contributed by atoms with Crippen molar-refractivity contribution in [3.8, 4) is 0 Å². The van der Waals surface area contributed by atoms with Crippen LogP contribution in [0, 0.1) is 6.92 Å². The fraction of sp³-hybridized carbons (Fsp3) is 0.200. The summed E-state index contributed by atoms with van der Waals surface area (Å²) in [5.74, 6) is -0.180. The number of benzene rings is 2. The van der Waals surface area contributed by atoms with Gasteiger partial charge < -0.3 is 14.3 Å². The summed E-state index contributed by atoms with van der Waals surface area (Å²) in [5.41, 5.74) is 2.99. The van der Waals surface area contributed by atoms with E-state index in [0.717, 1.165) is 17.5 Å². The van der Waals surface area contributed by atoms with Gasteiger partial charge in [0.15, 0.2) is 0 Å². The van der Waals surface area contributed by atoms with Crippen molar-refractivity contribution >= 4 is 16.7 Å². The molecular formula is C25H24N2O3. The third-order valence-electron chi connectivity index (χ3n) is 5.50. The van der Waals surface area contributed by atoms with Crippen LogP contribution in [-0.4, -0.2) is 10.5 Å². The molecule has 5 nitrogen and oxygen atoms in total. The highest BCUT2D eigenvalue weighted by molar-refractivity contribution is 6.07. The number of furan rings is 1. The second-order valence-corrected chi connectivity index (χ2v) is 7.37. The Morgan fingerprint density at radius 2 is 1.73 bits per heavy atom. The van der Waals surface area contributed by atoms with Gasteiger partial charge in [0.2, 0.25) is 0 Å². The normalized spacial score (nSPS) is 12.1. The first kappa shape index (κ1) is 19.7. The van der Waals surface area contributed by atoms with E-state index >= 15 is 0 Å². The average molecular weight is 400 g/mol. The second kappa shape index (κ2) is 8.41. The van der Waals surface area contributed by atoms with Crippen molar-refractivity contribution in [2.75, 3.05) is 0 Å². The molecule has 0 bridgehead atoms. The van der Waals surface area contributed by atoms with Crippen molar-refractivity contribution in [1.29, 1.82) is 0 Å². The lowest BCUT2D eigenvalue weighted by Crippen LogP contribution is -2.32. The molecule has 2 aromatic carbocycles. The number of nitrogens with one attached hydrogen (secondary N) is 1. The van der Waals surface area contributed by atoms with Crippen LogP contribution in [0.15, 0.2) is 82.4 Å². The van der Waals surface area contributed by atoms with E-state index in [1.54, 1.807) is 23.2 Å². The summed E-state index contributed by atoms with van der Waals surface area (Å²) in [6.07, 6.45) is 3.96. The third kappa shape index (κ3) is 3.66. The number of aromatic nitrogens is 1. The van der Waals surface area contributed by atoms with Gasteiger partial charge in [-0.3, -0.25) is 9.59 Å². The molecular weight excluding hydrogens is 376 g/mol. The Hall–Kier alpha value is -3.60. The van der Waals surface area contributed by atoms with Crippen LogP contribution in [0.1, 0.15) is 46.6 Å². The molecule has 0 spiro atoms. The third-order valence-corrected chi connectivity index (χ3v) is 5.50. The van der Waals surface area contributed by atoms with Crippen LogP contribution in [0.4, 0.5) is 0 Å². The molecule has 1 amide bonds. The van der Waals surface area contributed by atoms with E-state index < -0.39 is 0 Å². The Morgan fingerprint density at radius 3 is 2.40 bits per heavy atom. The molecule has 1 N–H and O–H groups in total. The molecule has 2 aromatic heterocycles. The van der Waals surface area contributed by atoms with E-state index in [4.69, 9.17) is 4.42 Å². The Balaban J connectivity index is 1.81. The summed E-state index contributed by atoms with van der Waals surface area (Å²) in [6, 6.07) is 18.9. The maximum Gasteiger partial charge on any atom is 0.258 e. The van der Waals surface area contributed by atoms with Gasteiger partial charge in [-0.1, -0.05) is 55.5 Å². The monoisotopic (exact) mass is 400 g/mol. The van der Waals surface area contributed by atoms with Gasteiger partial charge in [0, 0.05) is 22.0 Å². The van der Waals surface area contributed by atoms with Crippen LogP contribution in [-0.2, 0) is 6.54 Å². The van der Waals surface area contributed by atoms with E-state index in [9.17, 15) is 9.59 Å². The number of pyridine rings is 1. The van der Waals surface area contributed by atoms with E-state index in [-0.39, 0.29) is 17.5 Å². The topological polar surface area (TPSA) is 64.2 Å². The van der Waals surface area contributed by atoms with Gasteiger partial charge in [0.05, 0.1) is 30.7 Å². The molecule has 0 aliphatic carbocycles. The van der Waals surface area contributed by atoms with Gasteiger partial charge in [-0.2, -0.15) is 0 Å². The van der Waals surface area contributed by atoms with E-state index in [1.807, 2.05) is 68.4 Å². The van der Waals surface area contributed by atoms with Crippen molar-refractivity contribution in [2.45, 2.75) is 32.9 Å². The second-order valence-electron chi connectivity index (χ2n) is 7.37. The summed E-state index contributed by atoms with van der Waals surface area (Å²) in [5, 5.41) is 4.37. The summed E-state index contributed by atoms with van der Waals surface area (Å²) >= 11 is 0. The Labute approximate surface area is 175 Å². The molecule has 0 fully saturated rings. The largest absolute Gasteiger partial charge is 0.472 e. The molecule has 2 heterocycles. The summed E-state index contributed by atoms with van der Waals surface area (Å²) in [4.78, 5) is 26.6. The molecule has 0 unspecified atom stereocenters. The van der Waals surface area contributed by atoms with E-state index in [0.29, 0.717) is 28.6 Å². The van der Waals surface area contributed by atoms with Gasteiger partial charge in [0.25, 0.3) is 11.5 Å². The number of rotatable bonds is 6. The molecule has 0 saturated heterocycles. The summed E-state index contributed by atoms with van der Waals surface area (Å²) in [6.45, 7) is 4.22. The molecule has 30 heavy (non-hydrogen) atoms. The summed E-state index contributed by atoms with van der Waals surface area (Å²) < 4.78 is 6.80. The smallest absolute Gasteiger partial charge is 0.258 e. The predicted molar refractivity (Wildman–Crippen MR) is 118 cm³/mol. The average Bonchev–Trinajstić information content (AvgIpc) is 3.29. The fourth-order valence-corrected chi connectivity index (χ4v) is 3.89. The van der Waals surface area contributed by atoms with Crippen molar-refractivity contribution in [1.82, 2.24) is 9.88 Å². The van der Waals surface area contributed by atoms with Gasteiger partial charge in [-0.15, -0.1) is 0 Å². The minimum atomic E-state index is -0.180. The fourth-order valence-electron chi connectivity index (χ4n) is 3.89. The minimum Gasteiger partial charge on any atom is -0.472 e. The SMILES string of the molecule is CC[C@H](NC(=O)c1c(C)n(Cc2ccoc2)c(=O)c2ccccc12)c1ccccc1. The van der Waals surface area contributed by atoms with Gasteiger partial charge >= 0.3 is 0 Å². The Bertz CT molecular complexity index is 1220. The van der Waals surface area contributed by atoms with Crippen LogP contribution in [0.5, 0.6) is 0 Å². The minimum absolute atomic E-state index is 0.105. The zero-order valence-electron chi connectivity index (χ0n) is 17.1. The standard InChI is InChI=1S/C25H24N2O3/c1-3-22(19-9-5-4-6-10-19)26-24(28)23-17(2)27(15-18-13-14-30-16-18)25(29)21-12-8-7-11-20(21)23/h4-14,16,22H,3,15H2,1-2H3,(H,26,28)/t22-/m0/s1. The number of hydrogen-bond donors (Lipinski definition) is 1. The Kier molecular flexibility index (Phi) is 5.53. The number of amides is 1. The van der Waals surface area contributed by atoms with Crippen molar-refractivity contribution in [2.24, 2.45) is 0 Å². The van der Waals surface area contributed by atoms with Gasteiger partial charge in [-0.05, 0) is 31.0 Å². The molecule has 0 radical (unpaired) electrons. The van der Waals surface area contributed by atoms with Crippen LogP contribution in [0.2, 0.25) is 0 Å². The zero-order valence-corrected chi connectivity index (χ0v) is 17.1. The first-order valence-corrected chi connectivity index (χ1v) is 10.1. The van der Waals surface area contributed by atoms with Crippen LogP contribution < -0.4 is 10.9 Å². The van der Waals surface area contributed by atoms with Gasteiger partial charge in [-0.25, -0.2) is 0 Å². The maximum atomic E-state index is 13.4. The highest BCUT2D eigenvalue weighted by Crippen LogP contribution is 2.23. The number of nitrogens with zero attached hydrogens (tertiary/aromatic N) is 1. The molecule has 1 atom stereocenters. The molecule has 4 rings (SSSR count). The molecule has 5 heteroatoms. The summed E-state index contributed by atoms with van der Waals surface area (Å²) in [7, 11) is 0. The zero-order chi connectivity index (χ0) is 21.1. The first-order chi connectivity index (χ1) is 14.6. The van der Waals surface area contributed by atoms with E-state index in [2.05, 4.69) is 5.32 Å². The maximum absolute atomic E-state index is 13.4. The predicted octanol–water partition coefficient (Wildman–Crippen LogP) is 4.83. The number of hydrogen-bond acceptors (Lipinski definition) is 3. The lowest BCUT2D eigenvalue weighted by Gasteiger charge is -2.21. The van der Waals surface area contributed by atoms with Crippen molar-refractivity contribution in [3.63, 3.8) is 0 Å². The van der Waals surface area contributed by atoms with Crippen LogP contribution in [0.3, 0.4) is 0 Å². The lowest BCUT2D eigenvalue weighted by atomic mass is 10.0. The Morgan fingerprint density at radius 1 is 1.03 bits per heavy atom. The van der Waals surface area contributed by atoms with Crippen LogP contribution >= 0.6 is 0 Å². The molecule has 152 valence electrons. The molecule has 0 aliphatic rings. The highest BCUT2D eigenvalue weighted by atomic mass is 16.3. The quantitative estimate of drug-likeness (QED) is 0.504. The number of carbonyl (C=O) groups is 1. The van der Waals surface area contributed by atoms with Crippen LogP contribution in [0.25, 0.3) is 10.8 Å². The highest BCUT2D eigenvalue weighted by Gasteiger charge is 2.22. The molecule has 4 aromatic rings. The van der Waals surface area contributed by atoms with Crippen molar-refractivity contribution in [3.05, 3.63) is 106 Å². The first-order valence-electron chi connectivity index (χ1n) is 10.1. The number of carbonyl (C=O) groups excluding carboxylic acids is 1. The van der Waals surface area contributed by atoms with Crippen molar-refractivity contribution < 1.29 is 9.21 Å². The molecule has 0 saturated carbocycles. The van der Waals surface area contributed by atoms with E-state index in [1.165, 1.54) is 0 Å². The lowest BCUT2D eigenvalue weighted by molar-refractivity contribution is 0.0935.